The van der Waals surface area contributed by atoms with E-state index in [2.05, 4.69) is 25.7 Å². The van der Waals surface area contributed by atoms with Gasteiger partial charge in [0, 0.05) is 30.4 Å². The van der Waals surface area contributed by atoms with Crippen molar-refractivity contribution in [2.45, 2.75) is 38.8 Å². The molecule has 1 aliphatic heterocycles. The summed E-state index contributed by atoms with van der Waals surface area (Å²) in [6.07, 6.45) is 1.38. The van der Waals surface area contributed by atoms with Crippen LogP contribution in [0.3, 0.4) is 0 Å². The molecule has 0 spiro atoms. The lowest BCUT2D eigenvalue weighted by Gasteiger charge is -2.31. The fourth-order valence-electron chi connectivity index (χ4n) is 2.21. The van der Waals surface area contributed by atoms with Crippen molar-refractivity contribution in [1.82, 2.24) is 4.90 Å². The third kappa shape index (κ3) is 3.13. The van der Waals surface area contributed by atoms with E-state index in [1.807, 2.05) is 24.3 Å². The molecule has 1 aromatic carbocycles. The molecule has 2 rings (SSSR count). The molecule has 0 aliphatic carbocycles. The molecule has 94 valence electrons. The smallest absolute Gasteiger partial charge is 0.121 e. The lowest BCUT2D eigenvalue weighted by atomic mass is 10.1. The fourth-order valence-corrected chi connectivity index (χ4v) is 2.21. The normalized spacial score (nSPS) is 21.7. The Morgan fingerprint density at radius 1 is 1.35 bits per heavy atom. The van der Waals surface area contributed by atoms with Crippen molar-refractivity contribution in [3.05, 3.63) is 24.3 Å². The second kappa shape index (κ2) is 4.57. The maximum Gasteiger partial charge on any atom is 0.121 e. The minimum Gasteiger partial charge on any atom is -0.489 e. The number of anilines is 1. The van der Waals surface area contributed by atoms with E-state index < -0.39 is 0 Å². The second-order valence-electron chi connectivity index (χ2n) is 5.72. The Labute approximate surface area is 104 Å². The van der Waals surface area contributed by atoms with Gasteiger partial charge in [-0.05, 0) is 39.3 Å². The van der Waals surface area contributed by atoms with Crippen LogP contribution in [0.5, 0.6) is 5.75 Å². The summed E-state index contributed by atoms with van der Waals surface area (Å²) >= 11 is 0. The molecule has 1 saturated heterocycles. The molecule has 0 saturated carbocycles. The number of likely N-dealkylation sites (tertiary alicyclic amines) is 1. The van der Waals surface area contributed by atoms with Crippen LogP contribution in [0.2, 0.25) is 0 Å². The molecule has 1 atom stereocenters. The highest BCUT2D eigenvalue weighted by Gasteiger charge is 2.31. The van der Waals surface area contributed by atoms with E-state index in [1.165, 1.54) is 0 Å². The molecule has 3 heteroatoms. The lowest BCUT2D eigenvalue weighted by Crippen LogP contribution is -2.40. The van der Waals surface area contributed by atoms with Gasteiger partial charge in [0.2, 0.25) is 0 Å². The summed E-state index contributed by atoms with van der Waals surface area (Å²) in [5.41, 5.74) is 6.73. The first-order valence-corrected chi connectivity index (χ1v) is 6.22. The molecule has 1 unspecified atom stereocenters. The van der Waals surface area contributed by atoms with E-state index in [9.17, 15) is 0 Å². The summed E-state index contributed by atoms with van der Waals surface area (Å²) in [4.78, 5) is 2.46. The van der Waals surface area contributed by atoms with Gasteiger partial charge in [-0.15, -0.1) is 0 Å². The molecule has 17 heavy (non-hydrogen) atoms. The SMILES string of the molecule is CC(C)(C)N1CCC(Oc2cccc(N)c2)C1. The highest BCUT2D eigenvalue weighted by atomic mass is 16.5. The van der Waals surface area contributed by atoms with Crippen molar-refractivity contribution < 1.29 is 4.74 Å². The Morgan fingerprint density at radius 3 is 2.71 bits per heavy atom. The zero-order valence-corrected chi connectivity index (χ0v) is 10.9. The lowest BCUT2D eigenvalue weighted by molar-refractivity contribution is 0.141. The summed E-state index contributed by atoms with van der Waals surface area (Å²) in [5.74, 6) is 0.880. The first-order chi connectivity index (χ1) is 7.95. The number of rotatable bonds is 2. The van der Waals surface area contributed by atoms with Crippen LogP contribution in [0, 0.1) is 0 Å². The zero-order chi connectivity index (χ0) is 12.5. The maximum absolute atomic E-state index is 5.96. The summed E-state index contributed by atoms with van der Waals surface area (Å²) in [5, 5.41) is 0. The van der Waals surface area contributed by atoms with Crippen molar-refractivity contribution in [1.29, 1.82) is 0 Å². The second-order valence-corrected chi connectivity index (χ2v) is 5.72. The van der Waals surface area contributed by atoms with Gasteiger partial charge in [-0.25, -0.2) is 0 Å². The monoisotopic (exact) mass is 234 g/mol. The van der Waals surface area contributed by atoms with Crippen LogP contribution in [-0.2, 0) is 0 Å². The fraction of sp³-hybridized carbons (Fsp3) is 0.571. The molecule has 0 radical (unpaired) electrons. The Kier molecular flexibility index (Phi) is 3.29. The Hall–Kier alpha value is -1.22. The predicted octanol–water partition coefficient (Wildman–Crippen LogP) is 2.52. The Balaban J connectivity index is 1.94. The molecule has 1 heterocycles. The average molecular weight is 234 g/mol. The van der Waals surface area contributed by atoms with Gasteiger partial charge in [0.05, 0.1) is 0 Å². The minimum atomic E-state index is 0.230. The van der Waals surface area contributed by atoms with E-state index in [-0.39, 0.29) is 11.6 Å². The van der Waals surface area contributed by atoms with Gasteiger partial charge < -0.3 is 10.5 Å². The van der Waals surface area contributed by atoms with Crippen LogP contribution >= 0.6 is 0 Å². The van der Waals surface area contributed by atoms with Crippen LogP contribution in [-0.4, -0.2) is 29.6 Å². The molecule has 0 bridgehead atoms. The maximum atomic E-state index is 5.96. The summed E-state index contributed by atoms with van der Waals surface area (Å²) in [6.45, 7) is 8.84. The van der Waals surface area contributed by atoms with Crippen molar-refractivity contribution >= 4 is 5.69 Å². The topological polar surface area (TPSA) is 38.5 Å². The quantitative estimate of drug-likeness (QED) is 0.799. The van der Waals surface area contributed by atoms with Crippen molar-refractivity contribution in [3.8, 4) is 5.75 Å². The van der Waals surface area contributed by atoms with Gasteiger partial charge >= 0.3 is 0 Å². The third-order valence-corrected chi connectivity index (χ3v) is 3.25. The molecule has 0 aromatic heterocycles. The van der Waals surface area contributed by atoms with E-state index in [4.69, 9.17) is 10.5 Å². The number of hydrogen-bond donors (Lipinski definition) is 1. The van der Waals surface area contributed by atoms with Crippen molar-refractivity contribution in [2.75, 3.05) is 18.8 Å². The molecule has 1 aliphatic rings. The Bertz CT molecular complexity index is 384. The van der Waals surface area contributed by atoms with Crippen LogP contribution in [0.1, 0.15) is 27.2 Å². The van der Waals surface area contributed by atoms with Gasteiger partial charge in [0.15, 0.2) is 0 Å². The average Bonchev–Trinajstić information content (AvgIpc) is 2.65. The van der Waals surface area contributed by atoms with Crippen LogP contribution in [0.15, 0.2) is 24.3 Å². The van der Waals surface area contributed by atoms with Crippen LogP contribution < -0.4 is 10.5 Å². The van der Waals surface area contributed by atoms with Gasteiger partial charge in [0.1, 0.15) is 11.9 Å². The van der Waals surface area contributed by atoms with E-state index in [0.29, 0.717) is 0 Å². The molecule has 1 aromatic rings. The van der Waals surface area contributed by atoms with Crippen LogP contribution in [0.4, 0.5) is 5.69 Å². The predicted molar refractivity (Wildman–Crippen MR) is 71.2 cm³/mol. The van der Waals surface area contributed by atoms with Gasteiger partial charge in [-0.3, -0.25) is 4.90 Å². The third-order valence-electron chi connectivity index (χ3n) is 3.25. The molecule has 2 N–H and O–H groups in total. The highest BCUT2D eigenvalue weighted by Crippen LogP contribution is 2.24. The molecule has 3 nitrogen and oxygen atoms in total. The van der Waals surface area contributed by atoms with E-state index in [1.54, 1.807) is 0 Å². The number of nitrogens with zero attached hydrogens (tertiary/aromatic N) is 1. The number of ether oxygens (including phenoxy) is 1. The highest BCUT2D eigenvalue weighted by molar-refractivity contribution is 5.43. The standard InChI is InChI=1S/C14H22N2O/c1-14(2,3)16-8-7-13(10-16)17-12-6-4-5-11(15)9-12/h4-6,9,13H,7-8,10,15H2,1-3H3. The first kappa shape index (κ1) is 12.2. The number of hydrogen-bond acceptors (Lipinski definition) is 3. The van der Waals surface area contributed by atoms with E-state index in [0.717, 1.165) is 30.9 Å². The van der Waals surface area contributed by atoms with Gasteiger partial charge in [-0.2, -0.15) is 0 Å². The minimum absolute atomic E-state index is 0.230. The molecular weight excluding hydrogens is 212 g/mol. The first-order valence-electron chi connectivity index (χ1n) is 6.22. The summed E-state index contributed by atoms with van der Waals surface area (Å²) in [7, 11) is 0. The molecule has 1 fully saturated rings. The Morgan fingerprint density at radius 2 is 2.12 bits per heavy atom. The number of nitrogens with two attached hydrogens (primary N) is 1. The van der Waals surface area contributed by atoms with Crippen molar-refractivity contribution in [3.63, 3.8) is 0 Å². The molecular formula is C14H22N2O. The van der Waals surface area contributed by atoms with Gasteiger partial charge in [-0.1, -0.05) is 6.07 Å². The van der Waals surface area contributed by atoms with Crippen molar-refractivity contribution in [2.24, 2.45) is 0 Å². The van der Waals surface area contributed by atoms with Crippen LogP contribution in [0.25, 0.3) is 0 Å². The van der Waals surface area contributed by atoms with E-state index >= 15 is 0 Å². The number of benzene rings is 1. The zero-order valence-electron chi connectivity index (χ0n) is 10.9. The number of nitrogen functional groups attached to an aromatic ring is 1. The summed E-state index contributed by atoms with van der Waals surface area (Å²) < 4.78 is 5.96. The molecule has 0 amide bonds. The summed E-state index contributed by atoms with van der Waals surface area (Å²) in [6, 6.07) is 7.67. The van der Waals surface area contributed by atoms with Gasteiger partial charge in [0.25, 0.3) is 0 Å². The largest absolute Gasteiger partial charge is 0.489 e.